The van der Waals surface area contributed by atoms with Crippen molar-refractivity contribution < 1.29 is 4.79 Å². The van der Waals surface area contributed by atoms with Crippen LogP contribution < -0.4 is 0 Å². The van der Waals surface area contributed by atoms with E-state index in [-0.39, 0.29) is 16.5 Å². The minimum absolute atomic E-state index is 0.00855. The summed E-state index contributed by atoms with van der Waals surface area (Å²) < 4.78 is 0. The van der Waals surface area contributed by atoms with Gasteiger partial charge in [-0.05, 0) is 5.41 Å². The molecular formula is C13H22BNOS. The summed E-state index contributed by atoms with van der Waals surface area (Å²) in [5, 5.41) is 0.669. The summed E-state index contributed by atoms with van der Waals surface area (Å²) in [5.41, 5.74) is 1.26. The summed E-state index contributed by atoms with van der Waals surface area (Å²) in [6, 6.07) is 0. The number of aromatic nitrogens is 1. The number of nitrogens with zero attached hydrogens (tertiary/aromatic N) is 1. The Hall–Kier alpha value is -0.635. The Morgan fingerprint density at radius 3 is 1.94 bits per heavy atom. The molecule has 17 heavy (non-hydrogen) atoms. The van der Waals surface area contributed by atoms with Gasteiger partial charge in [0, 0.05) is 10.3 Å². The van der Waals surface area contributed by atoms with Crippen LogP contribution in [-0.4, -0.2) is 17.9 Å². The van der Waals surface area contributed by atoms with Crippen molar-refractivity contribution in [1.82, 2.24) is 4.98 Å². The smallest absolute Gasteiger partial charge is 0.212 e. The van der Waals surface area contributed by atoms with Gasteiger partial charge in [-0.1, -0.05) is 48.4 Å². The van der Waals surface area contributed by atoms with Gasteiger partial charge in [-0.25, -0.2) is 4.98 Å². The highest BCUT2D eigenvalue weighted by Crippen LogP contribution is 2.37. The van der Waals surface area contributed by atoms with E-state index in [0.717, 1.165) is 5.69 Å². The second kappa shape index (κ2) is 4.56. The van der Waals surface area contributed by atoms with Crippen LogP contribution in [0.5, 0.6) is 0 Å². The van der Waals surface area contributed by atoms with Gasteiger partial charge in [0.15, 0.2) is 0 Å². The number of thiazole rings is 1. The maximum atomic E-state index is 11.8. The molecule has 94 valence electrons. The van der Waals surface area contributed by atoms with E-state index in [2.05, 4.69) is 46.5 Å². The van der Waals surface area contributed by atoms with E-state index in [1.165, 1.54) is 4.88 Å². The van der Waals surface area contributed by atoms with E-state index in [0.29, 0.717) is 12.3 Å². The highest BCUT2D eigenvalue weighted by molar-refractivity contribution is 7.16. The van der Waals surface area contributed by atoms with Crippen LogP contribution in [0.4, 0.5) is 0 Å². The van der Waals surface area contributed by atoms with Crippen molar-refractivity contribution in [3.63, 3.8) is 0 Å². The van der Waals surface area contributed by atoms with Gasteiger partial charge in [0.2, 0.25) is 7.28 Å². The molecule has 1 aromatic rings. The Morgan fingerprint density at radius 2 is 1.65 bits per heavy atom. The molecule has 4 heteroatoms. The van der Waals surface area contributed by atoms with Gasteiger partial charge in [0.1, 0.15) is 10.7 Å². The first kappa shape index (κ1) is 14.4. The van der Waals surface area contributed by atoms with E-state index in [1.54, 1.807) is 11.3 Å². The van der Waals surface area contributed by atoms with Crippen LogP contribution in [0.25, 0.3) is 0 Å². The summed E-state index contributed by atoms with van der Waals surface area (Å²) in [6.07, 6.45) is 0. The molecule has 0 aliphatic heterocycles. The number of hydrogen-bond acceptors (Lipinski definition) is 3. The first-order chi connectivity index (χ1) is 7.57. The first-order valence-electron chi connectivity index (χ1n) is 6.12. The Morgan fingerprint density at radius 1 is 1.12 bits per heavy atom. The van der Waals surface area contributed by atoms with Gasteiger partial charge >= 0.3 is 0 Å². The Kier molecular flexibility index (Phi) is 3.87. The first-order valence-corrected chi connectivity index (χ1v) is 6.94. The lowest BCUT2D eigenvalue weighted by Gasteiger charge is -2.24. The maximum Gasteiger partial charge on any atom is 0.212 e. The van der Waals surface area contributed by atoms with E-state index in [4.69, 9.17) is 0 Å². The second-order valence-corrected chi connectivity index (χ2v) is 7.47. The van der Waals surface area contributed by atoms with Crippen molar-refractivity contribution in [3.05, 3.63) is 15.6 Å². The van der Waals surface area contributed by atoms with Crippen LogP contribution in [0.3, 0.4) is 0 Å². The maximum absolute atomic E-state index is 11.8. The van der Waals surface area contributed by atoms with E-state index >= 15 is 0 Å². The standard InChI is InChI=1S/C13H22BNOS/c1-12(2,3)8-9(13(4,5)6)17-11(15-8)10(16)14-7/h14H,1-7H3. The molecule has 0 saturated carbocycles. The van der Waals surface area contributed by atoms with Gasteiger partial charge in [0.25, 0.3) is 0 Å². The van der Waals surface area contributed by atoms with Crippen molar-refractivity contribution in [2.75, 3.05) is 0 Å². The number of carbonyl (C=O) groups is 1. The van der Waals surface area contributed by atoms with E-state index < -0.39 is 0 Å². The summed E-state index contributed by atoms with van der Waals surface area (Å²) >= 11 is 1.57. The molecule has 0 amide bonds. The molecule has 0 aromatic carbocycles. The minimum Gasteiger partial charge on any atom is -0.304 e. The predicted molar refractivity (Wildman–Crippen MR) is 76.9 cm³/mol. The molecule has 0 aliphatic rings. The molecule has 0 spiro atoms. The molecule has 1 heterocycles. The zero-order valence-electron chi connectivity index (χ0n) is 12.0. The zero-order chi connectivity index (χ0) is 13.4. The average Bonchev–Trinajstić information content (AvgIpc) is 2.59. The van der Waals surface area contributed by atoms with Crippen molar-refractivity contribution >= 4 is 24.3 Å². The molecule has 0 bridgehead atoms. The third-order valence-corrected chi connectivity index (χ3v) is 4.10. The molecule has 0 unspecified atom stereocenters. The fraction of sp³-hybridized carbons (Fsp3) is 0.692. The van der Waals surface area contributed by atoms with Crippen LogP contribution in [0.2, 0.25) is 6.82 Å². The summed E-state index contributed by atoms with van der Waals surface area (Å²) in [4.78, 5) is 17.6. The molecule has 0 radical (unpaired) electrons. The van der Waals surface area contributed by atoms with Gasteiger partial charge in [-0.2, -0.15) is 0 Å². The summed E-state index contributed by atoms with van der Waals surface area (Å²) in [5.74, 6) is 0. The van der Waals surface area contributed by atoms with Crippen molar-refractivity contribution in [1.29, 1.82) is 0 Å². The third-order valence-electron chi connectivity index (χ3n) is 2.58. The van der Waals surface area contributed by atoms with Crippen LogP contribution in [0.15, 0.2) is 0 Å². The Balaban J connectivity index is 3.38. The fourth-order valence-electron chi connectivity index (χ4n) is 1.61. The second-order valence-electron chi connectivity index (χ2n) is 6.47. The van der Waals surface area contributed by atoms with Crippen molar-refractivity contribution in [2.45, 2.75) is 59.2 Å². The lowest BCUT2D eigenvalue weighted by Crippen LogP contribution is -2.20. The van der Waals surface area contributed by atoms with Crippen LogP contribution >= 0.6 is 11.3 Å². The number of hydrogen-bond donors (Lipinski definition) is 0. The Bertz CT molecular complexity index is 392. The highest BCUT2D eigenvalue weighted by atomic mass is 32.1. The number of rotatable bonds is 2. The fourth-order valence-corrected chi connectivity index (χ4v) is 2.95. The quantitative estimate of drug-likeness (QED) is 0.754. The lowest BCUT2D eigenvalue weighted by molar-refractivity contribution is 0.107. The van der Waals surface area contributed by atoms with Gasteiger partial charge < -0.3 is 4.79 Å². The molecule has 0 fully saturated rings. The molecule has 0 aliphatic carbocycles. The molecule has 0 N–H and O–H groups in total. The summed E-state index contributed by atoms with van der Waals surface area (Å²) in [6.45, 7) is 14.9. The monoisotopic (exact) mass is 251 g/mol. The van der Waals surface area contributed by atoms with E-state index in [9.17, 15) is 4.79 Å². The molecule has 1 rings (SSSR count). The SMILES string of the molecule is CBC(=O)c1nc(C(C)(C)C)c(C(C)(C)C)s1. The Labute approximate surface area is 109 Å². The van der Waals surface area contributed by atoms with Crippen LogP contribution in [0, 0.1) is 0 Å². The largest absolute Gasteiger partial charge is 0.304 e. The topological polar surface area (TPSA) is 30.0 Å². The highest BCUT2D eigenvalue weighted by Gasteiger charge is 2.30. The molecule has 1 aromatic heterocycles. The molecule has 0 atom stereocenters. The average molecular weight is 251 g/mol. The van der Waals surface area contributed by atoms with Crippen LogP contribution in [0.1, 0.15) is 61.9 Å². The van der Waals surface area contributed by atoms with Gasteiger partial charge in [0.05, 0.1) is 5.69 Å². The minimum atomic E-state index is -0.00855. The molecular weight excluding hydrogens is 229 g/mol. The van der Waals surface area contributed by atoms with Crippen molar-refractivity contribution in [3.8, 4) is 0 Å². The molecule has 0 saturated heterocycles. The van der Waals surface area contributed by atoms with Gasteiger partial charge in [-0.15, -0.1) is 11.3 Å². The lowest BCUT2D eigenvalue weighted by atomic mass is 9.77. The van der Waals surface area contributed by atoms with Crippen LogP contribution in [-0.2, 0) is 10.8 Å². The normalized spacial score (nSPS) is 12.6. The predicted octanol–water partition coefficient (Wildman–Crippen LogP) is 3.36. The molecule has 2 nitrogen and oxygen atoms in total. The zero-order valence-corrected chi connectivity index (χ0v) is 12.8. The van der Waals surface area contributed by atoms with E-state index in [1.807, 2.05) is 6.82 Å². The van der Waals surface area contributed by atoms with Gasteiger partial charge in [-0.3, -0.25) is 0 Å². The van der Waals surface area contributed by atoms with Crippen molar-refractivity contribution in [2.24, 2.45) is 0 Å². The summed E-state index contributed by atoms with van der Waals surface area (Å²) in [7, 11) is 0.528. The number of carbonyl (C=O) groups excluding carboxylic acids is 1. The third kappa shape index (κ3) is 3.18.